The highest BCUT2D eigenvalue weighted by atomic mass is 19.1. The van der Waals surface area contributed by atoms with Gasteiger partial charge in [-0.3, -0.25) is 9.59 Å². The molecule has 2 aromatic rings. The van der Waals surface area contributed by atoms with E-state index in [1.807, 2.05) is 31.1 Å². The molecule has 0 saturated heterocycles. The minimum Gasteiger partial charge on any atom is -0.456 e. The molecular weight excluding hydrogens is 323 g/mol. The molecule has 0 heterocycles. The highest BCUT2D eigenvalue weighted by molar-refractivity contribution is 5.92. The van der Waals surface area contributed by atoms with Gasteiger partial charge in [0.1, 0.15) is 5.82 Å². The first kappa shape index (κ1) is 18.4. The largest absolute Gasteiger partial charge is 0.456 e. The molecule has 0 radical (unpaired) electrons. The number of nitrogens with one attached hydrogen (secondary N) is 1. The van der Waals surface area contributed by atoms with E-state index in [0.29, 0.717) is 12.1 Å². The van der Waals surface area contributed by atoms with Crippen LogP contribution in [0.3, 0.4) is 0 Å². The lowest BCUT2D eigenvalue weighted by Crippen LogP contribution is -2.21. The van der Waals surface area contributed by atoms with Crippen molar-refractivity contribution in [2.75, 3.05) is 30.9 Å². The van der Waals surface area contributed by atoms with Gasteiger partial charge in [0, 0.05) is 31.9 Å². The topological polar surface area (TPSA) is 58.6 Å². The third-order valence-electron chi connectivity index (χ3n) is 3.56. The summed E-state index contributed by atoms with van der Waals surface area (Å²) < 4.78 is 17.7. The fraction of sp³-hybridized carbons (Fsp3) is 0.263. The van der Waals surface area contributed by atoms with Crippen LogP contribution in [0, 0.1) is 5.82 Å². The normalized spacial score (nSPS) is 10.2. The maximum Gasteiger partial charge on any atom is 0.306 e. The summed E-state index contributed by atoms with van der Waals surface area (Å²) in [5.41, 5.74) is 2.49. The van der Waals surface area contributed by atoms with Crippen LogP contribution in [0.4, 0.5) is 15.8 Å². The molecule has 0 fully saturated rings. The van der Waals surface area contributed by atoms with Gasteiger partial charge in [0.05, 0.1) is 0 Å². The second-order valence-corrected chi connectivity index (χ2v) is 5.78. The van der Waals surface area contributed by atoms with E-state index in [1.165, 1.54) is 12.1 Å². The zero-order valence-electron chi connectivity index (χ0n) is 14.3. The number of halogens is 1. The number of aryl methyl sites for hydroxylation is 1. The monoisotopic (exact) mass is 344 g/mol. The summed E-state index contributed by atoms with van der Waals surface area (Å²) in [6.07, 6.45) is 0.573. The van der Waals surface area contributed by atoms with Crippen molar-refractivity contribution in [2.45, 2.75) is 12.8 Å². The van der Waals surface area contributed by atoms with Crippen molar-refractivity contribution in [3.05, 3.63) is 59.9 Å². The fourth-order valence-corrected chi connectivity index (χ4v) is 2.16. The number of benzene rings is 2. The number of hydrogen-bond acceptors (Lipinski definition) is 4. The van der Waals surface area contributed by atoms with Gasteiger partial charge in [0.15, 0.2) is 6.61 Å². The standard InChI is InChI=1S/C19H21FN2O3/c1-22(2)17-10-8-16(9-11-17)21-18(23)13-25-19(24)12-5-14-3-6-15(20)7-4-14/h3-4,6-11H,5,12-13H2,1-2H3,(H,21,23). The number of rotatable bonds is 7. The van der Waals surface area contributed by atoms with Crippen molar-refractivity contribution in [3.63, 3.8) is 0 Å². The molecule has 5 nitrogen and oxygen atoms in total. The molecule has 0 unspecified atom stereocenters. The third kappa shape index (κ3) is 6.25. The predicted octanol–water partition coefficient (Wildman–Crippen LogP) is 3.01. The predicted molar refractivity (Wildman–Crippen MR) is 95.1 cm³/mol. The SMILES string of the molecule is CN(C)c1ccc(NC(=O)COC(=O)CCc2ccc(F)cc2)cc1. The highest BCUT2D eigenvalue weighted by Crippen LogP contribution is 2.15. The molecule has 6 heteroatoms. The molecule has 2 rings (SSSR count). The van der Waals surface area contributed by atoms with E-state index in [1.54, 1.807) is 24.3 Å². The second kappa shape index (κ2) is 8.82. The molecule has 1 amide bonds. The molecule has 1 N–H and O–H groups in total. The number of ether oxygens (including phenoxy) is 1. The van der Waals surface area contributed by atoms with Gasteiger partial charge in [0.25, 0.3) is 5.91 Å². The molecular formula is C19H21FN2O3. The Morgan fingerprint density at radius 2 is 1.68 bits per heavy atom. The highest BCUT2D eigenvalue weighted by Gasteiger charge is 2.08. The van der Waals surface area contributed by atoms with E-state index in [9.17, 15) is 14.0 Å². The minimum atomic E-state index is -0.470. The first-order valence-electron chi connectivity index (χ1n) is 7.91. The van der Waals surface area contributed by atoms with E-state index < -0.39 is 11.9 Å². The first-order chi connectivity index (χ1) is 11.9. The van der Waals surface area contributed by atoms with Crippen LogP contribution >= 0.6 is 0 Å². The summed E-state index contributed by atoms with van der Waals surface area (Å²) in [5, 5.41) is 2.67. The summed E-state index contributed by atoms with van der Waals surface area (Å²) in [6.45, 7) is -0.336. The van der Waals surface area contributed by atoms with Crippen LogP contribution < -0.4 is 10.2 Å². The van der Waals surface area contributed by atoms with Crippen LogP contribution in [-0.4, -0.2) is 32.6 Å². The number of carbonyl (C=O) groups is 2. The molecule has 0 aliphatic rings. The Kier molecular flexibility index (Phi) is 6.51. The Labute approximate surface area is 146 Å². The van der Waals surface area contributed by atoms with E-state index in [4.69, 9.17) is 4.74 Å². The average Bonchev–Trinajstić information content (AvgIpc) is 2.60. The van der Waals surface area contributed by atoms with Crippen molar-refractivity contribution in [2.24, 2.45) is 0 Å². The van der Waals surface area contributed by atoms with E-state index in [2.05, 4.69) is 5.32 Å². The molecule has 0 saturated carbocycles. The van der Waals surface area contributed by atoms with Crippen molar-refractivity contribution < 1.29 is 18.7 Å². The summed E-state index contributed by atoms with van der Waals surface area (Å²) in [7, 11) is 3.86. The zero-order valence-corrected chi connectivity index (χ0v) is 14.3. The van der Waals surface area contributed by atoms with Crippen molar-refractivity contribution in [3.8, 4) is 0 Å². The average molecular weight is 344 g/mol. The van der Waals surface area contributed by atoms with E-state index in [0.717, 1.165) is 11.3 Å². The van der Waals surface area contributed by atoms with Gasteiger partial charge in [-0.05, 0) is 48.4 Å². The van der Waals surface area contributed by atoms with E-state index in [-0.39, 0.29) is 18.8 Å². The van der Waals surface area contributed by atoms with Crippen molar-refractivity contribution in [1.29, 1.82) is 0 Å². The summed E-state index contributed by atoms with van der Waals surface area (Å²) in [5.74, 6) is -1.18. The lowest BCUT2D eigenvalue weighted by atomic mass is 10.1. The second-order valence-electron chi connectivity index (χ2n) is 5.78. The molecule has 25 heavy (non-hydrogen) atoms. The van der Waals surface area contributed by atoms with Gasteiger partial charge in [-0.2, -0.15) is 0 Å². The number of anilines is 2. The Balaban J connectivity index is 1.71. The summed E-state index contributed by atoms with van der Waals surface area (Å²) >= 11 is 0. The number of nitrogens with zero attached hydrogens (tertiary/aromatic N) is 1. The molecule has 2 aromatic carbocycles. The Bertz CT molecular complexity index is 712. The maximum atomic E-state index is 12.8. The van der Waals surface area contributed by atoms with Gasteiger partial charge in [0.2, 0.25) is 0 Å². The van der Waals surface area contributed by atoms with Gasteiger partial charge < -0.3 is 15.0 Å². The quantitative estimate of drug-likeness (QED) is 0.785. The molecule has 132 valence electrons. The van der Waals surface area contributed by atoms with Crippen LogP contribution in [0.15, 0.2) is 48.5 Å². The third-order valence-corrected chi connectivity index (χ3v) is 3.56. The Hall–Kier alpha value is -2.89. The zero-order chi connectivity index (χ0) is 18.2. The summed E-state index contributed by atoms with van der Waals surface area (Å²) in [4.78, 5) is 25.4. The molecule has 0 atom stereocenters. The Morgan fingerprint density at radius 1 is 1.04 bits per heavy atom. The van der Waals surface area contributed by atoms with Gasteiger partial charge in [-0.15, -0.1) is 0 Å². The minimum absolute atomic E-state index is 0.135. The van der Waals surface area contributed by atoms with Crippen LogP contribution in [0.25, 0.3) is 0 Å². The first-order valence-corrected chi connectivity index (χ1v) is 7.91. The molecule has 0 aliphatic heterocycles. The van der Waals surface area contributed by atoms with Gasteiger partial charge >= 0.3 is 5.97 Å². The lowest BCUT2D eigenvalue weighted by Gasteiger charge is -2.13. The van der Waals surface area contributed by atoms with Crippen molar-refractivity contribution in [1.82, 2.24) is 0 Å². The van der Waals surface area contributed by atoms with Gasteiger partial charge in [-0.1, -0.05) is 12.1 Å². The molecule has 0 aliphatic carbocycles. The van der Waals surface area contributed by atoms with Crippen LogP contribution in [0.2, 0.25) is 0 Å². The lowest BCUT2D eigenvalue weighted by molar-refractivity contribution is -0.147. The fourth-order valence-electron chi connectivity index (χ4n) is 2.16. The number of hydrogen-bond donors (Lipinski definition) is 1. The number of carbonyl (C=O) groups excluding carboxylic acids is 2. The maximum absolute atomic E-state index is 12.8. The van der Waals surface area contributed by atoms with Crippen LogP contribution in [0.1, 0.15) is 12.0 Å². The van der Waals surface area contributed by atoms with Crippen molar-refractivity contribution >= 4 is 23.3 Å². The number of amides is 1. The molecule has 0 bridgehead atoms. The van der Waals surface area contributed by atoms with Crippen LogP contribution in [-0.2, 0) is 20.7 Å². The smallest absolute Gasteiger partial charge is 0.306 e. The van der Waals surface area contributed by atoms with Gasteiger partial charge in [-0.25, -0.2) is 4.39 Å². The van der Waals surface area contributed by atoms with Crippen LogP contribution in [0.5, 0.6) is 0 Å². The Morgan fingerprint density at radius 3 is 2.28 bits per heavy atom. The molecule has 0 aromatic heterocycles. The molecule has 0 spiro atoms. The summed E-state index contributed by atoms with van der Waals surface area (Å²) in [6, 6.07) is 13.2. The van der Waals surface area contributed by atoms with E-state index >= 15 is 0 Å². The number of esters is 1.